The number of thiophene rings is 2. The molecule has 7 heteroatoms. The molecular weight excluding hydrogens is 509 g/mol. The lowest BCUT2D eigenvalue weighted by Gasteiger charge is -2.17. The largest absolute Gasteiger partial charge is 0.485 e. The average Bonchev–Trinajstić information content (AvgIpc) is 3.70. The van der Waals surface area contributed by atoms with Gasteiger partial charge in [-0.1, -0.05) is 45.9 Å². The fourth-order valence-corrected chi connectivity index (χ4v) is 7.67. The molecule has 0 saturated carbocycles. The number of fused-ring (bicyclic) bond motifs is 11. The second kappa shape index (κ2) is 7.91. The second-order valence-corrected chi connectivity index (χ2v) is 12.8. The first-order valence-electron chi connectivity index (χ1n) is 13.1. The lowest BCUT2D eigenvalue weighted by Crippen LogP contribution is -2.05. The van der Waals surface area contributed by atoms with Crippen LogP contribution in [0, 0.1) is 0 Å². The zero-order chi connectivity index (χ0) is 25.7. The molecule has 188 valence electrons. The molecule has 8 rings (SSSR count). The zero-order valence-corrected chi connectivity index (χ0v) is 23.2. The number of imidazole rings is 2. The third kappa shape index (κ3) is 3.09. The Morgan fingerprint density at radius 3 is 2.53 bits per heavy atom. The molecule has 5 heterocycles. The van der Waals surface area contributed by atoms with Crippen LogP contribution in [-0.4, -0.2) is 19.9 Å². The average molecular weight is 535 g/mol. The third-order valence-corrected chi connectivity index (χ3v) is 9.75. The van der Waals surface area contributed by atoms with Crippen molar-refractivity contribution in [3.05, 3.63) is 65.2 Å². The van der Waals surface area contributed by atoms with Crippen LogP contribution in [0.15, 0.2) is 47.8 Å². The zero-order valence-electron chi connectivity index (χ0n) is 21.6. The maximum atomic E-state index is 6.32. The molecule has 0 unspecified atom stereocenters. The van der Waals surface area contributed by atoms with E-state index in [0.717, 1.165) is 45.4 Å². The molecule has 0 atom stereocenters. The highest BCUT2D eigenvalue weighted by Crippen LogP contribution is 2.47. The number of hydrogen-bond donors (Lipinski definition) is 2. The SMILES string of the molecule is CC(C)c1nc2c([nH]1)COc1c-2ccc2cc(-c3ccc4c(c3)c3sccc3c3nc(C(C)C)[nH]c43)sc12. The summed E-state index contributed by atoms with van der Waals surface area (Å²) in [6, 6.07) is 15.7. The lowest BCUT2D eigenvalue weighted by atomic mass is 10.0. The molecule has 0 fully saturated rings. The molecule has 0 radical (unpaired) electrons. The maximum absolute atomic E-state index is 6.32. The number of hydrogen-bond acceptors (Lipinski definition) is 5. The van der Waals surface area contributed by atoms with Gasteiger partial charge in [-0.25, -0.2) is 9.97 Å². The van der Waals surface area contributed by atoms with E-state index in [0.29, 0.717) is 18.4 Å². The molecule has 38 heavy (non-hydrogen) atoms. The van der Waals surface area contributed by atoms with Crippen molar-refractivity contribution in [2.75, 3.05) is 0 Å². The Hall–Kier alpha value is -3.68. The van der Waals surface area contributed by atoms with Gasteiger partial charge in [-0.15, -0.1) is 22.7 Å². The van der Waals surface area contributed by atoms with Gasteiger partial charge in [0.05, 0.1) is 27.1 Å². The molecule has 1 aliphatic heterocycles. The first-order valence-corrected chi connectivity index (χ1v) is 14.8. The van der Waals surface area contributed by atoms with Gasteiger partial charge >= 0.3 is 0 Å². The highest BCUT2D eigenvalue weighted by atomic mass is 32.1. The van der Waals surface area contributed by atoms with Crippen molar-refractivity contribution in [1.82, 2.24) is 19.9 Å². The predicted molar refractivity (Wildman–Crippen MR) is 160 cm³/mol. The van der Waals surface area contributed by atoms with Gasteiger partial charge in [0, 0.05) is 43.1 Å². The van der Waals surface area contributed by atoms with Crippen LogP contribution in [0.4, 0.5) is 0 Å². The van der Waals surface area contributed by atoms with Crippen molar-refractivity contribution in [2.45, 2.75) is 46.1 Å². The van der Waals surface area contributed by atoms with E-state index in [-0.39, 0.29) is 0 Å². The van der Waals surface area contributed by atoms with Crippen LogP contribution in [0.25, 0.3) is 63.7 Å². The Bertz CT molecular complexity index is 2050. The summed E-state index contributed by atoms with van der Waals surface area (Å²) in [5.74, 6) is 3.71. The third-order valence-electron chi connectivity index (χ3n) is 7.61. The normalized spacial score (nSPS) is 13.3. The molecule has 3 aromatic carbocycles. The molecule has 0 bridgehead atoms. The minimum atomic E-state index is 0.351. The Balaban J connectivity index is 1.30. The van der Waals surface area contributed by atoms with Crippen molar-refractivity contribution in [2.24, 2.45) is 0 Å². The number of aromatic nitrogens is 4. The van der Waals surface area contributed by atoms with Crippen LogP contribution in [-0.2, 0) is 6.61 Å². The van der Waals surface area contributed by atoms with Crippen molar-refractivity contribution in [3.8, 4) is 27.4 Å². The standard InChI is InChI=1S/C31H26N4OS2/c1-14(2)30-32-22-13-36-27-19(24(22)33-30)8-6-17-12-23(38-28(17)27)16-5-7-18-21(11-16)29-20(9-10-37-29)26-25(18)34-31(35-26)15(3)4/h5-12,14-15H,13H2,1-4H3,(H,32,33)(H,34,35). The van der Waals surface area contributed by atoms with Gasteiger partial charge in [0.1, 0.15) is 24.0 Å². The Morgan fingerprint density at radius 2 is 1.68 bits per heavy atom. The minimum Gasteiger partial charge on any atom is -0.485 e. The molecule has 0 saturated heterocycles. The van der Waals surface area contributed by atoms with E-state index in [4.69, 9.17) is 14.7 Å². The summed E-state index contributed by atoms with van der Waals surface area (Å²) >= 11 is 3.59. The number of nitrogens with one attached hydrogen (secondary N) is 2. The van der Waals surface area contributed by atoms with E-state index < -0.39 is 0 Å². The molecule has 2 N–H and O–H groups in total. The van der Waals surface area contributed by atoms with Gasteiger partial charge in [-0.3, -0.25) is 0 Å². The summed E-state index contributed by atoms with van der Waals surface area (Å²) in [7, 11) is 0. The summed E-state index contributed by atoms with van der Waals surface area (Å²) in [4.78, 5) is 18.2. The predicted octanol–water partition coefficient (Wildman–Crippen LogP) is 9.34. The number of nitrogens with zero attached hydrogens (tertiary/aromatic N) is 2. The van der Waals surface area contributed by atoms with Crippen LogP contribution in [0.2, 0.25) is 0 Å². The van der Waals surface area contributed by atoms with E-state index in [1.54, 1.807) is 22.7 Å². The number of H-pyrrole nitrogens is 2. The second-order valence-electron chi connectivity index (χ2n) is 10.8. The maximum Gasteiger partial charge on any atom is 0.147 e. The summed E-state index contributed by atoms with van der Waals surface area (Å²) in [6.07, 6.45) is 0. The van der Waals surface area contributed by atoms with Crippen molar-refractivity contribution in [1.29, 1.82) is 0 Å². The number of aromatic amines is 2. The highest BCUT2D eigenvalue weighted by molar-refractivity contribution is 7.22. The monoisotopic (exact) mass is 534 g/mol. The van der Waals surface area contributed by atoms with Crippen LogP contribution in [0.1, 0.15) is 56.9 Å². The summed E-state index contributed by atoms with van der Waals surface area (Å²) in [5, 5.41) is 7.12. The van der Waals surface area contributed by atoms with Crippen molar-refractivity contribution < 1.29 is 4.74 Å². The van der Waals surface area contributed by atoms with Crippen molar-refractivity contribution in [3.63, 3.8) is 0 Å². The van der Waals surface area contributed by atoms with Crippen LogP contribution in [0.5, 0.6) is 5.75 Å². The van der Waals surface area contributed by atoms with E-state index >= 15 is 0 Å². The van der Waals surface area contributed by atoms with Crippen LogP contribution in [0.3, 0.4) is 0 Å². The first kappa shape index (κ1) is 22.3. The van der Waals surface area contributed by atoms with Gasteiger partial charge < -0.3 is 14.7 Å². The molecule has 0 amide bonds. The van der Waals surface area contributed by atoms with Gasteiger partial charge in [-0.2, -0.15) is 0 Å². The van der Waals surface area contributed by atoms with Gasteiger partial charge in [0.2, 0.25) is 0 Å². The van der Waals surface area contributed by atoms with E-state index in [1.165, 1.54) is 41.4 Å². The van der Waals surface area contributed by atoms with E-state index in [9.17, 15) is 0 Å². The molecule has 1 aliphatic rings. The summed E-state index contributed by atoms with van der Waals surface area (Å²) in [6.45, 7) is 9.22. The van der Waals surface area contributed by atoms with Gasteiger partial charge in [-0.05, 0) is 40.6 Å². The number of ether oxygens (including phenoxy) is 1. The summed E-state index contributed by atoms with van der Waals surface area (Å²) < 4.78 is 8.80. The first-order chi connectivity index (χ1) is 18.5. The Kier molecular flexibility index (Phi) is 4.65. The summed E-state index contributed by atoms with van der Waals surface area (Å²) in [5.41, 5.74) is 6.62. The van der Waals surface area contributed by atoms with Crippen LogP contribution < -0.4 is 4.74 Å². The molecule has 0 aliphatic carbocycles. The fraction of sp³-hybridized carbons (Fsp3) is 0.226. The molecular formula is C31H26N4OS2. The van der Waals surface area contributed by atoms with E-state index in [2.05, 4.69) is 85.5 Å². The molecule has 5 nitrogen and oxygen atoms in total. The molecule has 4 aromatic heterocycles. The highest BCUT2D eigenvalue weighted by Gasteiger charge is 2.25. The Labute approximate surface area is 227 Å². The molecule has 0 spiro atoms. The lowest BCUT2D eigenvalue weighted by molar-refractivity contribution is 0.302. The van der Waals surface area contributed by atoms with Crippen LogP contribution >= 0.6 is 22.7 Å². The number of rotatable bonds is 3. The topological polar surface area (TPSA) is 66.6 Å². The minimum absolute atomic E-state index is 0.351. The Morgan fingerprint density at radius 1 is 0.842 bits per heavy atom. The fourth-order valence-electron chi connectivity index (χ4n) is 5.59. The van der Waals surface area contributed by atoms with Gasteiger partial charge in [0.15, 0.2) is 0 Å². The smallest absolute Gasteiger partial charge is 0.147 e. The van der Waals surface area contributed by atoms with Gasteiger partial charge in [0.25, 0.3) is 0 Å². The molecule has 7 aromatic rings. The number of benzene rings is 3. The van der Waals surface area contributed by atoms with E-state index in [1.807, 2.05) is 0 Å². The van der Waals surface area contributed by atoms with Crippen molar-refractivity contribution >= 4 is 64.7 Å². The quantitative estimate of drug-likeness (QED) is 0.237.